The van der Waals surface area contributed by atoms with Gasteiger partial charge in [-0.25, -0.2) is 0 Å². The molecular formula is C36H20ClNOS. The number of rotatable bonds is 2. The van der Waals surface area contributed by atoms with E-state index in [1.807, 2.05) is 29.5 Å². The second kappa shape index (κ2) is 8.22. The molecule has 0 aliphatic carbocycles. The normalized spacial score (nSPS) is 12.1. The Labute approximate surface area is 238 Å². The van der Waals surface area contributed by atoms with Crippen molar-refractivity contribution in [3.8, 4) is 16.8 Å². The van der Waals surface area contributed by atoms with Gasteiger partial charge in [0.25, 0.3) is 0 Å². The van der Waals surface area contributed by atoms with Crippen LogP contribution in [0.25, 0.3) is 80.7 Å². The zero-order valence-corrected chi connectivity index (χ0v) is 22.8. The van der Waals surface area contributed by atoms with E-state index in [1.165, 1.54) is 25.6 Å². The summed E-state index contributed by atoms with van der Waals surface area (Å²) in [4.78, 5) is 0. The Balaban J connectivity index is 1.31. The molecule has 40 heavy (non-hydrogen) atoms. The standard InChI is InChI=1S/C36H20ClNOS/c37-22-13-17-32-30(19-22)29-18-21(24-8-5-9-28-25-6-1-3-10-33(25)39-36(24)28)12-16-31(29)38(32)23-14-15-27-26-7-2-4-11-34(26)40-35(27)20-23/h1-20H. The van der Waals surface area contributed by atoms with Crippen LogP contribution in [-0.2, 0) is 0 Å². The van der Waals surface area contributed by atoms with Crippen molar-refractivity contribution >= 4 is 86.9 Å². The highest BCUT2D eigenvalue weighted by atomic mass is 35.5. The van der Waals surface area contributed by atoms with Crippen LogP contribution in [0.15, 0.2) is 126 Å². The molecule has 9 aromatic rings. The first-order chi connectivity index (χ1) is 19.7. The van der Waals surface area contributed by atoms with E-state index in [0.717, 1.165) is 60.2 Å². The number of fused-ring (bicyclic) bond motifs is 9. The molecule has 0 aliphatic rings. The van der Waals surface area contributed by atoms with E-state index in [-0.39, 0.29) is 0 Å². The minimum atomic E-state index is 0.733. The molecule has 6 aromatic carbocycles. The molecule has 4 heteroatoms. The zero-order valence-electron chi connectivity index (χ0n) is 21.2. The molecule has 0 N–H and O–H groups in total. The first-order valence-corrected chi connectivity index (χ1v) is 14.5. The van der Waals surface area contributed by atoms with Gasteiger partial charge >= 0.3 is 0 Å². The molecule has 0 spiro atoms. The summed E-state index contributed by atoms with van der Waals surface area (Å²) in [7, 11) is 0. The van der Waals surface area contributed by atoms with Crippen LogP contribution in [0.4, 0.5) is 0 Å². The van der Waals surface area contributed by atoms with Crippen molar-refractivity contribution < 1.29 is 4.42 Å². The van der Waals surface area contributed by atoms with E-state index < -0.39 is 0 Å². The number of furan rings is 1. The maximum absolute atomic E-state index is 6.56. The largest absolute Gasteiger partial charge is 0.455 e. The fourth-order valence-electron chi connectivity index (χ4n) is 6.27. The van der Waals surface area contributed by atoms with Crippen molar-refractivity contribution in [1.82, 2.24) is 4.57 Å². The average Bonchev–Trinajstić information content (AvgIpc) is 3.65. The Bertz CT molecular complexity index is 2460. The molecular weight excluding hydrogens is 530 g/mol. The molecule has 0 saturated carbocycles. The summed E-state index contributed by atoms with van der Waals surface area (Å²) in [5.74, 6) is 0. The van der Waals surface area contributed by atoms with Gasteiger partial charge in [-0.3, -0.25) is 0 Å². The van der Waals surface area contributed by atoms with Gasteiger partial charge in [-0.05, 0) is 60.2 Å². The van der Waals surface area contributed by atoms with Gasteiger partial charge in [-0.2, -0.15) is 0 Å². The van der Waals surface area contributed by atoms with Crippen molar-refractivity contribution in [3.63, 3.8) is 0 Å². The van der Waals surface area contributed by atoms with Crippen molar-refractivity contribution in [3.05, 3.63) is 126 Å². The number of aromatic nitrogens is 1. The van der Waals surface area contributed by atoms with Crippen LogP contribution < -0.4 is 0 Å². The van der Waals surface area contributed by atoms with Gasteiger partial charge in [0, 0.05) is 58.0 Å². The molecule has 2 nitrogen and oxygen atoms in total. The molecule has 0 atom stereocenters. The summed E-state index contributed by atoms with van der Waals surface area (Å²) < 4.78 is 11.3. The lowest BCUT2D eigenvalue weighted by atomic mass is 10.0. The molecule has 0 amide bonds. The molecule has 9 rings (SSSR count). The van der Waals surface area contributed by atoms with Crippen LogP contribution in [-0.4, -0.2) is 4.57 Å². The summed E-state index contributed by atoms with van der Waals surface area (Å²) in [6.07, 6.45) is 0. The Hall–Kier alpha value is -4.57. The SMILES string of the molecule is Clc1ccc2c(c1)c1cc(-c3cccc4c3oc3ccccc34)ccc1n2-c1ccc2c(c1)sc1ccccc12. The van der Waals surface area contributed by atoms with Gasteiger partial charge in [0.15, 0.2) is 0 Å². The van der Waals surface area contributed by atoms with Crippen molar-refractivity contribution in [1.29, 1.82) is 0 Å². The summed E-state index contributed by atoms with van der Waals surface area (Å²) in [6, 6.07) is 43.0. The van der Waals surface area contributed by atoms with E-state index in [1.54, 1.807) is 0 Å². The maximum atomic E-state index is 6.56. The summed E-state index contributed by atoms with van der Waals surface area (Å²) >= 11 is 8.40. The van der Waals surface area contributed by atoms with Gasteiger partial charge in [-0.1, -0.05) is 78.3 Å². The highest BCUT2D eigenvalue weighted by Crippen LogP contribution is 2.41. The molecule has 3 aromatic heterocycles. The summed E-state index contributed by atoms with van der Waals surface area (Å²) in [5.41, 5.74) is 7.47. The smallest absolute Gasteiger partial charge is 0.143 e. The Kier molecular flexibility index (Phi) is 4.57. The molecule has 0 radical (unpaired) electrons. The van der Waals surface area contributed by atoms with Gasteiger partial charge < -0.3 is 8.98 Å². The Morgan fingerprint density at radius 3 is 2.23 bits per heavy atom. The van der Waals surface area contributed by atoms with Gasteiger partial charge in [0.1, 0.15) is 11.2 Å². The Morgan fingerprint density at radius 2 is 1.30 bits per heavy atom. The van der Waals surface area contributed by atoms with E-state index in [4.69, 9.17) is 16.0 Å². The van der Waals surface area contributed by atoms with Gasteiger partial charge in [0.2, 0.25) is 0 Å². The summed E-state index contributed by atoms with van der Waals surface area (Å²) in [5, 5.41) is 7.92. The van der Waals surface area contributed by atoms with Crippen LogP contribution in [0.1, 0.15) is 0 Å². The number of hydrogen-bond acceptors (Lipinski definition) is 2. The maximum Gasteiger partial charge on any atom is 0.143 e. The predicted molar refractivity (Wildman–Crippen MR) is 171 cm³/mol. The number of hydrogen-bond donors (Lipinski definition) is 0. The lowest BCUT2D eigenvalue weighted by Gasteiger charge is -2.09. The summed E-state index contributed by atoms with van der Waals surface area (Å²) in [6.45, 7) is 0. The molecule has 0 saturated heterocycles. The van der Waals surface area contributed by atoms with E-state index >= 15 is 0 Å². The molecule has 0 fully saturated rings. The van der Waals surface area contributed by atoms with Crippen molar-refractivity contribution in [2.75, 3.05) is 0 Å². The molecule has 0 unspecified atom stereocenters. The van der Waals surface area contributed by atoms with E-state index in [9.17, 15) is 0 Å². The zero-order chi connectivity index (χ0) is 26.4. The predicted octanol–water partition coefficient (Wildman–Crippen LogP) is 11.4. The monoisotopic (exact) mass is 549 g/mol. The molecule has 188 valence electrons. The van der Waals surface area contributed by atoms with Crippen LogP contribution in [0.2, 0.25) is 5.02 Å². The number of nitrogens with zero attached hydrogens (tertiary/aromatic N) is 1. The Morgan fingerprint density at radius 1 is 0.550 bits per heavy atom. The number of halogens is 1. The quantitative estimate of drug-likeness (QED) is 0.210. The number of thiophene rings is 1. The lowest BCUT2D eigenvalue weighted by Crippen LogP contribution is -1.93. The first kappa shape index (κ1) is 22.3. The molecule has 0 bridgehead atoms. The number of para-hydroxylation sites is 2. The average molecular weight is 550 g/mol. The van der Waals surface area contributed by atoms with Crippen LogP contribution in [0, 0.1) is 0 Å². The molecule has 0 aliphatic heterocycles. The van der Waals surface area contributed by atoms with Crippen LogP contribution >= 0.6 is 22.9 Å². The third-order valence-corrected chi connectivity index (χ3v) is 9.43. The lowest BCUT2D eigenvalue weighted by molar-refractivity contribution is 0.670. The van der Waals surface area contributed by atoms with Crippen molar-refractivity contribution in [2.45, 2.75) is 0 Å². The second-order valence-electron chi connectivity index (χ2n) is 10.3. The van der Waals surface area contributed by atoms with Gasteiger partial charge in [-0.15, -0.1) is 11.3 Å². The minimum absolute atomic E-state index is 0.733. The third-order valence-electron chi connectivity index (χ3n) is 8.06. The van der Waals surface area contributed by atoms with Crippen LogP contribution in [0.5, 0.6) is 0 Å². The topological polar surface area (TPSA) is 18.1 Å². The minimum Gasteiger partial charge on any atom is -0.455 e. The second-order valence-corrected chi connectivity index (χ2v) is 11.8. The van der Waals surface area contributed by atoms with Crippen LogP contribution in [0.3, 0.4) is 0 Å². The van der Waals surface area contributed by atoms with Gasteiger partial charge in [0.05, 0.1) is 11.0 Å². The highest BCUT2D eigenvalue weighted by Gasteiger charge is 2.17. The van der Waals surface area contributed by atoms with E-state index in [2.05, 4.69) is 108 Å². The van der Waals surface area contributed by atoms with Crippen molar-refractivity contribution in [2.24, 2.45) is 0 Å². The fraction of sp³-hybridized carbons (Fsp3) is 0. The van der Waals surface area contributed by atoms with E-state index in [0.29, 0.717) is 0 Å². The fourth-order valence-corrected chi connectivity index (χ4v) is 7.58. The molecule has 3 heterocycles. The highest BCUT2D eigenvalue weighted by molar-refractivity contribution is 7.25. The first-order valence-electron chi connectivity index (χ1n) is 13.3. The third kappa shape index (κ3) is 3.10. The number of benzene rings is 6.